The molecular formula is C16H18BrClN2O. The second-order valence-electron chi connectivity index (χ2n) is 5.26. The lowest BCUT2D eigenvalue weighted by molar-refractivity contribution is 0.128. The zero-order chi connectivity index (χ0) is 15.4. The van der Waals surface area contributed by atoms with E-state index in [1.165, 1.54) is 0 Å². The maximum Gasteiger partial charge on any atom is 0.163 e. The van der Waals surface area contributed by atoms with E-state index in [1.807, 2.05) is 30.3 Å². The normalized spacial score (nSPS) is 12.7. The number of halogens is 2. The van der Waals surface area contributed by atoms with Crippen molar-refractivity contribution >= 4 is 27.5 Å². The van der Waals surface area contributed by atoms with Crippen LogP contribution < -0.4 is 0 Å². The molecule has 0 aliphatic rings. The average molecular weight is 370 g/mol. The topological polar surface area (TPSA) is 35.0 Å². The third-order valence-corrected chi connectivity index (χ3v) is 4.41. The summed E-state index contributed by atoms with van der Waals surface area (Å²) in [6.45, 7) is 4.29. The molecule has 1 heterocycles. The molecule has 0 N–H and O–H groups in total. The van der Waals surface area contributed by atoms with Gasteiger partial charge in [-0.25, -0.2) is 9.97 Å². The van der Waals surface area contributed by atoms with Crippen LogP contribution >= 0.6 is 27.5 Å². The molecule has 3 nitrogen and oxygen atoms in total. The fourth-order valence-corrected chi connectivity index (χ4v) is 2.67. The smallest absolute Gasteiger partial charge is 0.163 e. The molecular weight excluding hydrogens is 352 g/mol. The molecule has 0 spiro atoms. The monoisotopic (exact) mass is 368 g/mol. The Morgan fingerprint density at radius 3 is 2.43 bits per heavy atom. The van der Waals surface area contributed by atoms with Gasteiger partial charge in [0.15, 0.2) is 5.82 Å². The Labute approximate surface area is 138 Å². The Hall–Kier alpha value is -0.970. The maximum absolute atomic E-state index is 6.24. The third kappa shape index (κ3) is 4.02. The predicted molar refractivity (Wildman–Crippen MR) is 88.6 cm³/mol. The summed E-state index contributed by atoms with van der Waals surface area (Å²) in [4.78, 5) is 9.02. The van der Waals surface area contributed by atoms with E-state index in [-0.39, 0.29) is 6.10 Å². The molecule has 1 aromatic heterocycles. The van der Waals surface area contributed by atoms with Gasteiger partial charge in [-0.1, -0.05) is 55.8 Å². The fourth-order valence-electron chi connectivity index (χ4n) is 2.14. The minimum absolute atomic E-state index is 0.317. The fraction of sp³-hybridized carbons (Fsp3) is 0.375. The van der Waals surface area contributed by atoms with Crippen molar-refractivity contribution in [2.75, 3.05) is 7.11 Å². The van der Waals surface area contributed by atoms with Gasteiger partial charge < -0.3 is 4.74 Å². The van der Waals surface area contributed by atoms with Crippen LogP contribution in [0.5, 0.6) is 0 Å². The summed E-state index contributed by atoms with van der Waals surface area (Å²) in [5, 5.41) is 0.425. The molecule has 2 aromatic rings. The molecule has 1 atom stereocenters. The van der Waals surface area contributed by atoms with E-state index >= 15 is 0 Å². The van der Waals surface area contributed by atoms with Crippen molar-refractivity contribution < 1.29 is 4.74 Å². The van der Waals surface area contributed by atoms with Gasteiger partial charge in [0.2, 0.25) is 0 Å². The molecule has 0 radical (unpaired) electrons. The molecule has 0 fully saturated rings. The van der Waals surface area contributed by atoms with Crippen LogP contribution in [0.3, 0.4) is 0 Å². The summed E-state index contributed by atoms with van der Waals surface area (Å²) in [5.74, 6) is 1.07. The minimum Gasteiger partial charge on any atom is -0.369 e. The number of methoxy groups -OCH3 is 1. The van der Waals surface area contributed by atoms with Crippen LogP contribution in [-0.4, -0.2) is 17.1 Å². The Morgan fingerprint density at radius 1 is 1.19 bits per heavy atom. The van der Waals surface area contributed by atoms with Crippen molar-refractivity contribution in [1.29, 1.82) is 0 Å². The van der Waals surface area contributed by atoms with Crippen LogP contribution in [0.15, 0.2) is 34.8 Å². The Balaban J connectivity index is 2.45. The van der Waals surface area contributed by atoms with E-state index in [0.717, 1.165) is 22.2 Å². The van der Waals surface area contributed by atoms with Crippen LogP contribution in [0, 0.1) is 5.92 Å². The van der Waals surface area contributed by atoms with Crippen molar-refractivity contribution in [1.82, 2.24) is 9.97 Å². The van der Waals surface area contributed by atoms with Crippen LogP contribution in [0.1, 0.15) is 37.0 Å². The standard InChI is InChI=1S/C16H18BrClN2O/c1-10(2)9-12-13(17)15(18)20-16(19-12)14(21-3)11-7-5-4-6-8-11/h4-8,10,14H,9H2,1-3H3. The summed E-state index contributed by atoms with van der Waals surface area (Å²) in [5.41, 5.74) is 1.92. The first-order valence-corrected chi connectivity index (χ1v) is 7.99. The molecule has 0 saturated heterocycles. The predicted octanol–water partition coefficient (Wildman–Crippen LogP) is 4.83. The molecule has 0 aliphatic carbocycles. The second-order valence-corrected chi connectivity index (χ2v) is 6.41. The quantitative estimate of drug-likeness (QED) is 0.708. The summed E-state index contributed by atoms with van der Waals surface area (Å²) < 4.78 is 6.35. The van der Waals surface area contributed by atoms with Crippen molar-refractivity contribution in [3.63, 3.8) is 0 Å². The van der Waals surface area contributed by atoms with Gasteiger partial charge in [0.25, 0.3) is 0 Å². The minimum atomic E-state index is -0.317. The molecule has 0 aliphatic heterocycles. The van der Waals surface area contributed by atoms with E-state index in [9.17, 15) is 0 Å². The van der Waals surface area contributed by atoms with Crippen molar-refractivity contribution in [3.8, 4) is 0 Å². The SMILES string of the molecule is COC(c1ccccc1)c1nc(Cl)c(Br)c(CC(C)C)n1. The molecule has 5 heteroatoms. The van der Waals surface area contributed by atoms with Crippen LogP contribution in [-0.2, 0) is 11.2 Å². The Morgan fingerprint density at radius 2 is 1.86 bits per heavy atom. The average Bonchev–Trinajstić information content (AvgIpc) is 2.45. The number of hydrogen-bond donors (Lipinski definition) is 0. The van der Waals surface area contributed by atoms with Gasteiger partial charge in [-0.15, -0.1) is 0 Å². The molecule has 2 rings (SSSR count). The molecule has 1 unspecified atom stereocenters. The number of nitrogens with zero attached hydrogens (tertiary/aromatic N) is 2. The van der Waals surface area contributed by atoms with Gasteiger partial charge in [0.05, 0.1) is 10.2 Å². The van der Waals surface area contributed by atoms with Crippen LogP contribution in [0.4, 0.5) is 0 Å². The van der Waals surface area contributed by atoms with E-state index in [1.54, 1.807) is 7.11 Å². The highest BCUT2D eigenvalue weighted by Gasteiger charge is 2.20. The van der Waals surface area contributed by atoms with E-state index in [4.69, 9.17) is 16.3 Å². The number of hydrogen-bond acceptors (Lipinski definition) is 3. The highest BCUT2D eigenvalue weighted by Crippen LogP contribution is 2.30. The number of benzene rings is 1. The Kier molecular flexibility index (Phi) is 5.73. The highest BCUT2D eigenvalue weighted by atomic mass is 79.9. The maximum atomic E-state index is 6.24. The summed E-state index contributed by atoms with van der Waals surface area (Å²) >= 11 is 9.71. The van der Waals surface area contributed by atoms with Crippen molar-refractivity contribution in [3.05, 3.63) is 57.0 Å². The van der Waals surface area contributed by atoms with Gasteiger partial charge in [-0.2, -0.15) is 0 Å². The Bertz CT molecular complexity index is 605. The van der Waals surface area contributed by atoms with Gasteiger partial charge in [0.1, 0.15) is 11.3 Å². The zero-order valence-electron chi connectivity index (χ0n) is 12.3. The summed E-state index contributed by atoms with van der Waals surface area (Å²) in [7, 11) is 1.65. The summed E-state index contributed by atoms with van der Waals surface area (Å²) in [6.07, 6.45) is 0.517. The third-order valence-electron chi connectivity index (χ3n) is 3.07. The molecule has 21 heavy (non-hydrogen) atoms. The summed E-state index contributed by atoms with van der Waals surface area (Å²) in [6, 6.07) is 9.90. The molecule has 1 aromatic carbocycles. The first kappa shape index (κ1) is 16.4. The number of rotatable bonds is 5. The van der Waals surface area contributed by atoms with Crippen molar-refractivity contribution in [2.24, 2.45) is 5.92 Å². The largest absolute Gasteiger partial charge is 0.369 e. The molecule has 0 amide bonds. The zero-order valence-corrected chi connectivity index (χ0v) is 14.6. The van der Waals surface area contributed by atoms with Gasteiger partial charge in [-0.3, -0.25) is 0 Å². The molecule has 0 bridgehead atoms. The number of aromatic nitrogens is 2. The molecule has 0 saturated carbocycles. The lowest BCUT2D eigenvalue weighted by atomic mass is 10.1. The highest BCUT2D eigenvalue weighted by molar-refractivity contribution is 9.10. The van der Waals surface area contributed by atoms with Crippen molar-refractivity contribution in [2.45, 2.75) is 26.4 Å². The van der Waals surface area contributed by atoms with Gasteiger partial charge >= 0.3 is 0 Å². The molecule has 112 valence electrons. The van der Waals surface area contributed by atoms with Gasteiger partial charge in [-0.05, 0) is 33.8 Å². The second kappa shape index (κ2) is 7.34. The lowest BCUT2D eigenvalue weighted by Crippen LogP contribution is -2.12. The first-order chi connectivity index (χ1) is 10.0. The number of ether oxygens (including phenoxy) is 1. The van der Waals surface area contributed by atoms with E-state index < -0.39 is 0 Å². The van der Waals surface area contributed by atoms with E-state index in [2.05, 4.69) is 39.7 Å². The first-order valence-electron chi connectivity index (χ1n) is 6.82. The lowest BCUT2D eigenvalue weighted by Gasteiger charge is -2.17. The van der Waals surface area contributed by atoms with Crippen LogP contribution in [0.2, 0.25) is 5.15 Å². The van der Waals surface area contributed by atoms with E-state index in [0.29, 0.717) is 16.9 Å². The van der Waals surface area contributed by atoms with Crippen LogP contribution in [0.25, 0.3) is 0 Å². The van der Waals surface area contributed by atoms with Gasteiger partial charge in [0, 0.05) is 7.11 Å².